The number of carbonyl (C=O) groups excluding carboxylic acids is 1. The second-order valence-electron chi connectivity index (χ2n) is 7.14. The zero-order chi connectivity index (χ0) is 21.1. The lowest BCUT2D eigenvalue weighted by Gasteiger charge is -2.12. The molecule has 3 N–H and O–H groups in total. The fraction of sp³-hybridized carbons (Fsp3) is 0.227. The number of H-pyrrole nitrogens is 1. The minimum Gasteiger partial charge on any atom is -0.338 e. The van der Waals surface area contributed by atoms with Gasteiger partial charge in [0, 0.05) is 34.3 Å². The number of hydrogen-bond donors (Lipinski definition) is 3. The Balaban J connectivity index is 1.44. The Hall–Kier alpha value is -3.13. The Labute approximate surface area is 181 Å². The molecule has 154 valence electrons. The van der Waals surface area contributed by atoms with Crippen LogP contribution in [-0.4, -0.2) is 27.3 Å². The van der Waals surface area contributed by atoms with Gasteiger partial charge in [-0.15, -0.1) is 0 Å². The molecule has 0 aliphatic carbocycles. The SMILES string of the molecule is Cc1[nH]nc2c1c(=O)n(CCCCNC(=O)Nc1ccccc1)c1ccc(Br)cc21. The third-order valence-corrected chi connectivity index (χ3v) is 5.53. The van der Waals surface area contributed by atoms with Gasteiger partial charge in [-0.05, 0) is 50.1 Å². The van der Waals surface area contributed by atoms with Crippen LogP contribution in [0.3, 0.4) is 0 Å². The molecule has 7 nitrogen and oxygen atoms in total. The quantitative estimate of drug-likeness (QED) is 0.363. The van der Waals surface area contributed by atoms with E-state index in [0.29, 0.717) is 24.0 Å². The fourth-order valence-corrected chi connectivity index (χ4v) is 3.94. The summed E-state index contributed by atoms with van der Waals surface area (Å²) in [6.07, 6.45) is 1.52. The van der Waals surface area contributed by atoms with Gasteiger partial charge < -0.3 is 15.2 Å². The van der Waals surface area contributed by atoms with Crippen LogP contribution in [0, 0.1) is 6.92 Å². The average molecular weight is 468 g/mol. The van der Waals surface area contributed by atoms with Crippen LogP contribution in [0.4, 0.5) is 10.5 Å². The number of nitrogens with zero attached hydrogens (tertiary/aromatic N) is 2. The molecular weight excluding hydrogens is 446 g/mol. The van der Waals surface area contributed by atoms with E-state index in [1.54, 1.807) is 4.57 Å². The summed E-state index contributed by atoms with van der Waals surface area (Å²) in [5.74, 6) is 0. The van der Waals surface area contributed by atoms with Crippen molar-refractivity contribution in [2.45, 2.75) is 26.3 Å². The molecule has 2 aromatic heterocycles. The molecule has 0 bridgehead atoms. The van der Waals surface area contributed by atoms with Crippen molar-refractivity contribution in [3.8, 4) is 0 Å². The van der Waals surface area contributed by atoms with Crippen molar-refractivity contribution in [3.63, 3.8) is 0 Å². The van der Waals surface area contributed by atoms with Gasteiger partial charge in [0.25, 0.3) is 5.56 Å². The Morgan fingerprint density at radius 2 is 1.97 bits per heavy atom. The molecule has 30 heavy (non-hydrogen) atoms. The number of nitrogens with one attached hydrogen (secondary N) is 3. The molecule has 0 aliphatic heterocycles. The molecule has 2 amide bonds. The van der Waals surface area contributed by atoms with Crippen molar-refractivity contribution in [1.29, 1.82) is 0 Å². The predicted molar refractivity (Wildman–Crippen MR) is 123 cm³/mol. The number of hydrogen-bond acceptors (Lipinski definition) is 3. The number of aromatic nitrogens is 3. The highest BCUT2D eigenvalue weighted by molar-refractivity contribution is 9.10. The van der Waals surface area contributed by atoms with Crippen LogP contribution in [0.15, 0.2) is 57.8 Å². The number of fused-ring (bicyclic) bond motifs is 3. The zero-order valence-corrected chi connectivity index (χ0v) is 18.1. The van der Waals surface area contributed by atoms with Crippen LogP contribution in [0.1, 0.15) is 18.5 Å². The van der Waals surface area contributed by atoms with Crippen LogP contribution >= 0.6 is 15.9 Å². The van der Waals surface area contributed by atoms with E-state index >= 15 is 0 Å². The molecule has 0 saturated heterocycles. The van der Waals surface area contributed by atoms with Crippen LogP contribution in [0.25, 0.3) is 21.8 Å². The van der Waals surface area contributed by atoms with Gasteiger partial charge in [-0.3, -0.25) is 9.89 Å². The molecule has 0 aliphatic rings. The molecule has 4 rings (SSSR count). The van der Waals surface area contributed by atoms with Crippen molar-refractivity contribution in [2.75, 3.05) is 11.9 Å². The molecule has 0 unspecified atom stereocenters. The number of aromatic amines is 1. The monoisotopic (exact) mass is 467 g/mol. The number of amides is 2. The summed E-state index contributed by atoms with van der Waals surface area (Å²) < 4.78 is 2.74. The molecule has 2 heterocycles. The van der Waals surface area contributed by atoms with Gasteiger partial charge in [0.1, 0.15) is 5.52 Å². The largest absolute Gasteiger partial charge is 0.338 e. The number of pyridine rings is 1. The third-order valence-electron chi connectivity index (χ3n) is 5.04. The number of para-hydroxylation sites is 1. The number of anilines is 1. The molecule has 0 fully saturated rings. The number of halogens is 1. The summed E-state index contributed by atoms with van der Waals surface area (Å²) in [6.45, 7) is 2.96. The minimum absolute atomic E-state index is 0.0409. The molecule has 0 radical (unpaired) electrons. The van der Waals surface area contributed by atoms with Crippen molar-refractivity contribution in [1.82, 2.24) is 20.1 Å². The van der Waals surface area contributed by atoms with E-state index < -0.39 is 0 Å². The van der Waals surface area contributed by atoms with Crippen LogP contribution in [0.5, 0.6) is 0 Å². The second kappa shape index (κ2) is 8.71. The Morgan fingerprint density at radius 3 is 2.77 bits per heavy atom. The lowest BCUT2D eigenvalue weighted by molar-refractivity contribution is 0.252. The Bertz CT molecular complexity index is 1260. The summed E-state index contributed by atoms with van der Waals surface area (Å²) in [6, 6.07) is 14.9. The van der Waals surface area contributed by atoms with Gasteiger partial charge in [-0.2, -0.15) is 5.10 Å². The number of unbranched alkanes of at least 4 members (excludes halogenated alkanes) is 1. The molecule has 4 aromatic rings. The van der Waals surface area contributed by atoms with E-state index in [1.165, 1.54) is 0 Å². The standard InChI is InChI=1S/C22H22BrN5O2/c1-14-19-20(27-26-14)17-13-15(23)9-10-18(17)28(21(19)29)12-6-5-11-24-22(30)25-16-7-3-2-4-8-16/h2-4,7-10,13H,5-6,11-12H2,1H3,(H,26,27)(H2,24,25,30). The number of rotatable bonds is 6. The van der Waals surface area contributed by atoms with Crippen LogP contribution in [0.2, 0.25) is 0 Å². The lowest BCUT2D eigenvalue weighted by atomic mass is 10.1. The third kappa shape index (κ3) is 4.09. The normalized spacial score (nSPS) is 11.1. The first kappa shape index (κ1) is 20.2. The Morgan fingerprint density at radius 1 is 1.17 bits per heavy atom. The first-order chi connectivity index (χ1) is 14.5. The number of urea groups is 1. The molecular formula is C22H22BrN5O2. The molecule has 0 spiro atoms. The summed E-state index contributed by atoms with van der Waals surface area (Å²) in [5, 5.41) is 14.5. The molecule has 0 atom stereocenters. The van der Waals surface area contributed by atoms with E-state index in [9.17, 15) is 9.59 Å². The van der Waals surface area contributed by atoms with Crippen molar-refractivity contribution in [3.05, 3.63) is 69.1 Å². The minimum atomic E-state index is -0.232. The van der Waals surface area contributed by atoms with Gasteiger partial charge >= 0.3 is 6.03 Å². The van der Waals surface area contributed by atoms with Gasteiger partial charge in [-0.25, -0.2) is 4.79 Å². The van der Waals surface area contributed by atoms with E-state index in [4.69, 9.17) is 0 Å². The maximum Gasteiger partial charge on any atom is 0.319 e. The van der Waals surface area contributed by atoms with Gasteiger partial charge in [-0.1, -0.05) is 34.1 Å². The Kier molecular flexibility index (Phi) is 5.85. The number of carbonyl (C=O) groups is 1. The van der Waals surface area contributed by atoms with Gasteiger partial charge in [0.05, 0.1) is 10.9 Å². The lowest BCUT2D eigenvalue weighted by Crippen LogP contribution is -2.29. The van der Waals surface area contributed by atoms with Crippen LogP contribution < -0.4 is 16.2 Å². The van der Waals surface area contributed by atoms with E-state index in [1.807, 2.05) is 55.5 Å². The zero-order valence-electron chi connectivity index (χ0n) is 16.5. The predicted octanol–water partition coefficient (Wildman–Crippen LogP) is 4.55. The highest BCUT2D eigenvalue weighted by atomic mass is 79.9. The summed E-state index contributed by atoms with van der Waals surface area (Å²) in [4.78, 5) is 25.1. The maximum absolute atomic E-state index is 13.1. The first-order valence-electron chi connectivity index (χ1n) is 9.81. The van der Waals surface area contributed by atoms with E-state index in [-0.39, 0.29) is 11.6 Å². The smallest absolute Gasteiger partial charge is 0.319 e. The van der Waals surface area contributed by atoms with Crippen LogP contribution in [-0.2, 0) is 6.54 Å². The summed E-state index contributed by atoms with van der Waals surface area (Å²) >= 11 is 3.51. The summed E-state index contributed by atoms with van der Waals surface area (Å²) in [5.41, 5.74) is 3.04. The number of benzene rings is 2. The average Bonchev–Trinajstić information content (AvgIpc) is 3.13. The molecule has 2 aromatic carbocycles. The topological polar surface area (TPSA) is 91.8 Å². The van der Waals surface area contributed by atoms with Gasteiger partial charge in [0.2, 0.25) is 0 Å². The maximum atomic E-state index is 13.1. The first-order valence-corrected chi connectivity index (χ1v) is 10.6. The highest BCUT2D eigenvalue weighted by Gasteiger charge is 2.15. The van der Waals surface area contributed by atoms with E-state index in [0.717, 1.165) is 39.6 Å². The fourth-order valence-electron chi connectivity index (χ4n) is 3.58. The number of aryl methyl sites for hydroxylation is 2. The van der Waals surface area contributed by atoms with Crippen molar-refractivity contribution in [2.24, 2.45) is 0 Å². The molecule has 0 saturated carbocycles. The highest BCUT2D eigenvalue weighted by Crippen LogP contribution is 2.26. The van der Waals surface area contributed by atoms with Crippen molar-refractivity contribution >= 4 is 49.5 Å². The van der Waals surface area contributed by atoms with Gasteiger partial charge in [0.15, 0.2) is 0 Å². The second-order valence-corrected chi connectivity index (χ2v) is 8.06. The molecule has 8 heteroatoms. The van der Waals surface area contributed by atoms with E-state index in [2.05, 4.69) is 36.8 Å². The summed E-state index contributed by atoms with van der Waals surface area (Å²) in [7, 11) is 0. The van der Waals surface area contributed by atoms with Crippen molar-refractivity contribution < 1.29 is 4.79 Å².